The van der Waals surface area contributed by atoms with Gasteiger partial charge in [-0.25, -0.2) is 4.98 Å². The molecule has 0 bridgehead atoms. The Balaban J connectivity index is 1.70. The minimum Gasteiger partial charge on any atom is -0.493 e. The first-order valence-corrected chi connectivity index (χ1v) is 8.16. The molecule has 0 spiro atoms. The number of aryl methyl sites for hydroxylation is 1. The minimum absolute atomic E-state index is 0.114. The summed E-state index contributed by atoms with van der Waals surface area (Å²) >= 11 is 0. The van der Waals surface area contributed by atoms with Gasteiger partial charge in [0.05, 0.1) is 38.7 Å². The molecular weight excluding hydrogens is 334 g/mol. The summed E-state index contributed by atoms with van der Waals surface area (Å²) in [7, 11) is 4.61. The smallest absolute Gasteiger partial charge is 0.226 e. The van der Waals surface area contributed by atoms with Gasteiger partial charge in [-0.2, -0.15) is 0 Å². The minimum atomic E-state index is -0.114. The number of hydrogen-bond acceptors (Lipinski definition) is 5. The highest BCUT2D eigenvalue weighted by atomic mass is 16.5. The number of amides is 1. The van der Waals surface area contributed by atoms with E-state index in [4.69, 9.17) is 14.2 Å². The number of carbonyl (C=O) groups excluding carboxylic acids is 1. The Bertz CT molecular complexity index is 895. The van der Waals surface area contributed by atoms with E-state index in [1.165, 1.54) is 21.3 Å². The zero-order chi connectivity index (χ0) is 18.5. The van der Waals surface area contributed by atoms with Gasteiger partial charge >= 0.3 is 0 Å². The first kappa shape index (κ1) is 17.6. The molecule has 0 saturated carbocycles. The van der Waals surface area contributed by atoms with Crippen molar-refractivity contribution in [3.63, 3.8) is 0 Å². The maximum absolute atomic E-state index is 12.3. The zero-order valence-electron chi connectivity index (χ0n) is 15.0. The summed E-state index contributed by atoms with van der Waals surface area (Å²) in [6.45, 7) is 0.538. The third-order valence-corrected chi connectivity index (χ3v) is 4.06. The Morgan fingerprint density at radius 1 is 1.08 bits per heavy atom. The van der Waals surface area contributed by atoms with Crippen LogP contribution in [0.25, 0.3) is 11.0 Å². The number of hydrogen-bond donors (Lipinski definition) is 1. The number of aromatic nitrogens is 2. The number of methoxy groups -OCH3 is 3. The van der Waals surface area contributed by atoms with Crippen LogP contribution in [-0.4, -0.2) is 36.8 Å². The highest BCUT2D eigenvalue weighted by molar-refractivity contribution is 5.91. The monoisotopic (exact) mass is 355 g/mol. The highest BCUT2D eigenvalue weighted by Gasteiger charge is 2.14. The lowest BCUT2D eigenvalue weighted by molar-refractivity contribution is -0.116. The molecule has 3 aromatic rings. The van der Waals surface area contributed by atoms with Gasteiger partial charge in [0.15, 0.2) is 11.5 Å². The van der Waals surface area contributed by atoms with Crippen molar-refractivity contribution in [3.8, 4) is 17.2 Å². The summed E-state index contributed by atoms with van der Waals surface area (Å²) in [5, 5.41) is 2.86. The van der Waals surface area contributed by atoms with Crippen molar-refractivity contribution in [3.05, 3.63) is 42.7 Å². The van der Waals surface area contributed by atoms with Crippen LogP contribution in [0.4, 0.5) is 5.69 Å². The van der Waals surface area contributed by atoms with Crippen molar-refractivity contribution in [2.24, 2.45) is 0 Å². The van der Waals surface area contributed by atoms with Crippen LogP contribution >= 0.6 is 0 Å². The highest BCUT2D eigenvalue weighted by Crippen LogP contribution is 2.39. The molecule has 1 aromatic heterocycles. The third kappa shape index (κ3) is 3.56. The van der Waals surface area contributed by atoms with E-state index in [0.717, 1.165) is 11.0 Å². The fraction of sp³-hybridized carbons (Fsp3) is 0.263. The zero-order valence-corrected chi connectivity index (χ0v) is 15.0. The second-order valence-corrected chi connectivity index (χ2v) is 5.64. The van der Waals surface area contributed by atoms with Crippen LogP contribution in [-0.2, 0) is 11.3 Å². The number of carbonyl (C=O) groups is 1. The fourth-order valence-corrected chi connectivity index (χ4v) is 2.79. The van der Waals surface area contributed by atoms with E-state index in [-0.39, 0.29) is 5.91 Å². The van der Waals surface area contributed by atoms with Crippen LogP contribution in [0.3, 0.4) is 0 Å². The molecular formula is C19H21N3O4. The van der Waals surface area contributed by atoms with Gasteiger partial charge in [0, 0.05) is 30.8 Å². The number of rotatable bonds is 7. The predicted octanol–water partition coefficient (Wildman–Crippen LogP) is 3.09. The number of para-hydroxylation sites is 2. The molecule has 7 heteroatoms. The largest absolute Gasteiger partial charge is 0.493 e. The van der Waals surface area contributed by atoms with Crippen LogP contribution in [0.5, 0.6) is 17.2 Å². The lowest BCUT2D eigenvalue weighted by Crippen LogP contribution is -2.14. The second-order valence-electron chi connectivity index (χ2n) is 5.64. The summed E-state index contributed by atoms with van der Waals surface area (Å²) < 4.78 is 17.8. The molecule has 0 fully saturated rings. The SMILES string of the molecule is COc1cc(NC(=O)CCn2cnc3ccccc32)cc(OC)c1OC. The Labute approximate surface area is 151 Å². The first-order valence-electron chi connectivity index (χ1n) is 8.16. The van der Waals surface area contributed by atoms with E-state index in [1.54, 1.807) is 18.5 Å². The van der Waals surface area contributed by atoms with E-state index in [9.17, 15) is 4.79 Å². The predicted molar refractivity (Wildman–Crippen MR) is 99.1 cm³/mol. The third-order valence-electron chi connectivity index (χ3n) is 4.06. The van der Waals surface area contributed by atoms with Gasteiger partial charge in [0.25, 0.3) is 0 Å². The van der Waals surface area contributed by atoms with E-state index >= 15 is 0 Å². The lowest BCUT2D eigenvalue weighted by atomic mass is 10.2. The Morgan fingerprint density at radius 2 is 1.77 bits per heavy atom. The van der Waals surface area contributed by atoms with Gasteiger partial charge in [0.2, 0.25) is 11.7 Å². The summed E-state index contributed by atoms with van der Waals surface area (Å²) in [5.41, 5.74) is 2.51. The molecule has 0 radical (unpaired) electrons. The lowest BCUT2D eigenvalue weighted by Gasteiger charge is -2.14. The number of anilines is 1. The summed E-state index contributed by atoms with van der Waals surface area (Å²) in [6, 6.07) is 11.2. The molecule has 3 rings (SSSR count). The van der Waals surface area contributed by atoms with Crippen LogP contribution in [0, 0.1) is 0 Å². The molecule has 1 heterocycles. The van der Waals surface area contributed by atoms with E-state index in [2.05, 4.69) is 10.3 Å². The van der Waals surface area contributed by atoms with Crippen LogP contribution in [0.1, 0.15) is 6.42 Å². The molecule has 2 aromatic carbocycles. The summed E-state index contributed by atoms with van der Waals surface area (Å²) in [5.74, 6) is 1.35. The average molecular weight is 355 g/mol. The van der Waals surface area contributed by atoms with E-state index in [0.29, 0.717) is 35.9 Å². The number of benzene rings is 2. The van der Waals surface area contributed by atoms with Crippen molar-refractivity contribution < 1.29 is 19.0 Å². The van der Waals surface area contributed by atoms with Gasteiger partial charge in [-0.3, -0.25) is 4.79 Å². The van der Waals surface area contributed by atoms with Crippen LogP contribution in [0.2, 0.25) is 0 Å². The normalized spacial score (nSPS) is 10.6. The molecule has 0 atom stereocenters. The number of nitrogens with one attached hydrogen (secondary N) is 1. The molecule has 136 valence electrons. The molecule has 0 unspecified atom stereocenters. The molecule has 26 heavy (non-hydrogen) atoms. The topological polar surface area (TPSA) is 74.6 Å². The maximum Gasteiger partial charge on any atom is 0.226 e. The van der Waals surface area contributed by atoms with Gasteiger partial charge in [-0.1, -0.05) is 12.1 Å². The molecule has 0 aliphatic heterocycles. The molecule has 0 aliphatic carbocycles. The standard InChI is InChI=1S/C19H21N3O4/c1-24-16-10-13(11-17(25-2)19(16)26-3)21-18(23)8-9-22-12-20-14-6-4-5-7-15(14)22/h4-7,10-12H,8-9H2,1-3H3,(H,21,23). The quantitative estimate of drug-likeness (QED) is 0.705. The Kier molecular flexibility index (Phi) is 5.26. The van der Waals surface area contributed by atoms with Crippen molar-refractivity contribution in [1.82, 2.24) is 9.55 Å². The van der Waals surface area contributed by atoms with Crippen molar-refractivity contribution in [2.45, 2.75) is 13.0 Å². The number of fused-ring (bicyclic) bond motifs is 1. The number of imidazole rings is 1. The molecule has 0 aliphatic rings. The van der Waals surface area contributed by atoms with E-state index in [1.807, 2.05) is 28.8 Å². The summed E-state index contributed by atoms with van der Waals surface area (Å²) in [6.07, 6.45) is 2.06. The van der Waals surface area contributed by atoms with Gasteiger partial charge in [-0.15, -0.1) is 0 Å². The maximum atomic E-state index is 12.3. The van der Waals surface area contributed by atoms with Gasteiger partial charge in [0.1, 0.15) is 0 Å². The summed E-state index contributed by atoms with van der Waals surface area (Å²) in [4.78, 5) is 16.7. The van der Waals surface area contributed by atoms with Crippen molar-refractivity contribution in [2.75, 3.05) is 26.6 Å². The molecule has 0 saturated heterocycles. The second kappa shape index (κ2) is 7.77. The number of ether oxygens (including phenoxy) is 3. The average Bonchev–Trinajstić information content (AvgIpc) is 3.08. The molecule has 7 nitrogen and oxygen atoms in total. The van der Waals surface area contributed by atoms with Crippen LogP contribution < -0.4 is 19.5 Å². The molecule has 1 amide bonds. The fourth-order valence-electron chi connectivity index (χ4n) is 2.79. The Hall–Kier alpha value is -3.22. The van der Waals surface area contributed by atoms with E-state index < -0.39 is 0 Å². The van der Waals surface area contributed by atoms with Crippen LogP contribution in [0.15, 0.2) is 42.7 Å². The Morgan fingerprint density at radius 3 is 2.42 bits per heavy atom. The van der Waals surface area contributed by atoms with Gasteiger partial charge in [-0.05, 0) is 12.1 Å². The van der Waals surface area contributed by atoms with Crippen molar-refractivity contribution >= 4 is 22.6 Å². The molecule has 1 N–H and O–H groups in total. The van der Waals surface area contributed by atoms with Gasteiger partial charge < -0.3 is 24.1 Å². The van der Waals surface area contributed by atoms with Crippen molar-refractivity contribution in [1.29, 1.82) is 0 Å². The number of nitrogens with zero attached hydrogens (tertiary/aromatic N) is 2. The first-order chi connectivity index (χ1) is 12.7.